The molecule has 2 nitrogen and oxygen atoms in total. The van der Waals surface area contributed by atoms with Gasteiger partial charge in [-0.25, -0.2) is 4.98 Å². The van der Waals surface area contributed by atoms with Crippen LogP contribution in [0, 0.1) is 6.92 Å². The van der Waals surface area contributed by atoms with E-state index in [1.165, 1.54) is 28.1 Å². The van der Waals surface area contributed by atoms with E-state index >= 15 is 0 Å². The Morgan fingerprint density at radius 3 is 2.63 bits per heavy atom. The van der Waals surface area contributed by atoms with Crippen LogP contribution in [0.5, 0.6) is 0 Å². The fraction of sp³-hybridized carbons (Fsp3) is 0.471. The highest BCUT2D eigenvalue weighted by Gasteiger charge is 2.23. The van der Waals surface area contributed by atoms with Crippen molar-refractivity contribution >= 4 is 0 Å². The Balaban J connectivity index is 2.02. The Bertz CT molecular complexity index is 615. The highest BCUT2D eigenvalue weighted by atomic mass is 15.0. The molecule has 0 fully saturated rings. The molecule has 0 atom stereocenters. The summed E-state index contributed by atoms with van der Waals surface area (Å²) < 4.78 is 0. The molecule has 0 bridgehead atoms. The number of hydrogen-bond acceptors (Lipinski definition) is 1. The summed E-state index contributed by atoms with van der Waals surface area (Å²) in [7, 11) is 0. The number of fused-ring (bicyclic) bond motifs is 2. The molecule has 1 aromatic carbocycles. The summed E-state index contributed by atoms with van der Waals surface area (Å²) in [5, 5.41) is 0. The second kappa shape index (κ2) is 4.22. The summed E-state index contributed by atoms with van der Waals surface area (Å²) in [4.78, 5) is 8.39. The number of aromatic nitrogens is 2. The van der Waals surface area contributed by atoms with Gasteiger partial charge in [-0.3, -0.25) is 0 Å². The van der Waals surface area contributed by atoms with Crippen molar-refractivity contribution in [1.29, 1.82) is 0 Å². The number of nitrogens with zero attached hydrogens (tertiary/aromatic N) is 1. The SMILES string of the molecule is Cc1ccc2c(c1)Cc1[nH]c(C(C)(C)C)nc1CC2. The zero-order chi connectivity index (χ0) is 13.6. The molecule has 0 saturated heterocycles. The van der Waals surface area contributed by atoms with Crippen LogP contribution < -0.4 is 0 Å². The molecule has 0 radical (unpaired) electrons. The fourth-order valence-electron chi connectivity index (χ4n) is 2.76. The van der Waals surface area contributed by atoms with Crippen LogP contribution in [0.2, 0.25) is 0 Å². The maximum absolute atomic E-state index is 4.83. The van der Waals surface area contributed by atoms with Crippen LogP contribution >= 0.6 is 0 Å². The predicted molar refractivity (Wildman–Crippen MR) is 78.7 cm³/mol. The minimum atomic E-state index is 0.0988. The van der Waals surface area contributed by atoms with Gasteiger partial charge in [0.2, 0.25) is 0 Å². The lowest BCUT2D eigenvalue weighted by Crippen LogP contribution is -2.13. The predicted octanol–water partition coefficient (Wildman–Crippen LogP) is 3.71. The molecule has 0 unspecified atom stereocenters. The smallest absolute Gasteiger partial charge is 0.111 e. The van der Waals surface area contributed by atoms with E-state index in [1.807, 2.05) is 0 Å². The number of benzene rings is 1. The van der Waals surface area contributed by atoms with E-state index in [0.717, 1.165) is 25.1 Å². The van der Waals surface area contributed by atoms with E-state index < -0.39 is 0 Å². The van der Waals surface area contributed by atoms with Crippen LogP contribution in [0.3, 0.4) is 0 Å². The molecule has 1 aliphatic rings. The van der Waals surface area contributed by atoms with Crippen LogP contribution in [0.25, 0.3) is 0 Å². The van der Waals surface area contributed by atoms with E-state index in [9.17, 15) is 0 Å². The number of nitrogens with one attached hydrogen (secondary N) is 1. The van der Waals surface area contributed by atoms with Gasteiger partial charge in [0, 0.05) is 17.5 Å². The maximum Gasteiger partial charge on any atom is 0.111 e. The summed E-state index contributed by atoms with van der Waals surface area (Å²) in [6, 6.07) is 6.82. The van der Waals surface area contributed by atoms with Gasteiger partial charge in [-0.05, 0) is 30.9 Å². The number of H-pyrrole nitrogens is 1. The van der Waals surface area contributed by atoms with Crippen LogP contribution in [0.4, 0.5) is 0 Å². The lowest BCUT2D eigenvalue weighted by atomic mass is 9.96. The Hall–Kier alpha value is -1.57. The van der Waals surface area contributed by atoms with Gasteiger partial charge in [0.25, 0.3) is 0 Å². The summed E-state index contributed by atoms with van der Waals surface area (Å²) in [5.74, 6) is 1.12. The maximum atomic E-state index is 4.83. The van der Waals surface area contributed by atoms with E-state index in [2.05, 4.69) is 50.9 Å². The van der Waals surface area contributed by atoms with Crippen molar-refractivity contribution in [3.8, 4) is 0 Å². The van der Waals surface area contributed by atoms with E-state index in [0.29, 0.717) is 0 Å². The van der Waals surface area contributed by atoms with Gasteiger partial charge in [0.1, 0.15) is 5.82 Å². The van der Waals surface area contributed by atoms with Gasteiger partial charge < -0.3 is 4.98 Å². The molecular weight excluding hydrogens is 232 g/mol. The van der Waals surface area contributed by atoms with Crippen LogP contribution in [-0.2, 0) is 24.7 Å². The van der Waals surface area contributed by atoms with Crippen molar-refractivity contribution in [2.24, 2.45) is 0 Å². The zero-order valence-electron chi connectivity index (χ0n) is 12.3. The second-order valence-corrected chi connectivity index (χ2v) is 6.71. The highest BCUT2D eigenvalue weighted by Crippen LogP contribution is 2.27. The minimum absolute atomic E-state index is 0.0988. The Morgan fingerprint density at radius 2 is 1.89 bits per heavy atom. The molecular formula is C17H22N2. The lowest BCUT2D eigenvalue weighted by Gasteiger charge is -2.14. The van der Waals surface area contributed by atoms with Crippen molar-refractivity contribution in [3.63, 3.8) is 0 Å². The Labute approximate surface area is 115 Å². The second-order valence-electron chi connectivity index (χ2n) is 6.71. The lowest BCUT2D eigenvalue weighted by molar-refractivity contribution is 0.550. The molecule has 0 saturated carbocycles. The van der Waals surface area contributed by atoms with Crippen molar-refractivity contribution in [2.45, 2.75) is 52.4 Å². The third-order valence-electron chi connectivity index (χ3n) is 3.93. The average Bonchev–Trinajstić information content (AvgIpc) is 2.64. The first kappa shape index (κ1) is 12.5. The highest BCUT2D eigenvalue weighted by molar-refractivity contribution is 5.38. The molecule has 0 amide bonds. The number of rotatable bonds is 0. The van der Waals surface area contributed by atoms with Crippen LogP contribution in [0.1, 0.15) is 54.7 Å². The zero-order valence-corrected chi connectivity index (χ0v) is 12.3. The number of aryl methyl sites for hydroxylation is 3. The van der Waals surface area contributed by atoms with Gasteiger partial charge >= 0.3 is 0 Å². The monoisotopic (exact) mass is 254 g/mol. The van der Waals surface area contributed by atoms with Crippen LogP contribution in [-0.4, -0.2) is 9.97 Å². The van der Waals surface area contributed by atoms with E-state index in [1.54, 1.807) is 0 Å². The van der Waals surface area contributed by atoms with Crippen molar-refractivity contribution in [3.05, 3.63) is 52.1 Å². The first-order valence-electron chi connectivity index (χ1n) is 7.10. The van der Waals surface area contributed by atoms with Crippen molar-refractivity contribution in [1.82, 2.24) is 9.97 Å². The Kier molecular flexibility index (Phi) is 2.77. The standard InChI is InChI=1S/C17H22N2/c1-11-5-6-12-7-8-14-15(10-13(12)9-11)19-16(18-14)17(2,3)4/h5-6,9H,7-8,10H2,1-4H3,(H,18,19). The molecule has 0 aliphatic heterocycles. The van der Waals surface area contributed by atoms with Gasteiger partial charge in [0.15, 0.2) is 0 Å². The summed E-state index contributed by atoms with van der Waals surface area (Å²) in [6.07, 6.45) is 3.16. The minimum Gasteiger partial charge on any atom is -0.345 e. The van der Waals surface area contributed by atoms with Crippen LogP contribution in [0.15, 0.2) is 18.2 Å². The number of imidazole rings is 1. The fourth-order valence-corrected chi connectivity index (χ4v) is 2.76. The molecule has 1 aliphatic carbocycles. The number of hydrogen-bond donors (Lipinski definition) is 1. The molecule has 2 heteroatoms. The Morgan fingerprint density at radius 1 is 1.11 bits per heavy atom. The first-order chi connectivity index (χ1) is 8.93. The van der Waals surface area contributed by atoms with E-state index in [-0.39, 0.29) is 5.41 Å². The quantitative estimate of drug-likeness (QED) is 0.763. The first-order valence-corrected chi connectivity index (χ1v) is 7.10. The topological polar surface area (TPSA) is 28.7 Å². The van der Waals surface area contributed by atoms with Gasteiger partial charge in [-0.2, -0.15) is 0 Å². The average molecular weight is 254 g/mol. The summed E-state index contributed by atoms with van der Waals surface area (Å²) in [6.45, 7) is 8.80. The molecule has 0 spiro atoms. The third-order valence-corrected chi connectivity index (χ3v) is 3.93. The number of aromatic amines is 1. The normalized spacial score (nSPS) is 14.7. The van der Waals surface area contributed by atoms with E-state index in [4.69, 9.17) is 4.98 Å². The van der Waals surface area contributed by atoms with Crippen molar-refractivity contribution in [2.75, 3.05) is 0 Å². The summed E-state index contributed by atoms with van der Waals surface area (Å²) in [5.41, 5.74) is 6.96. The molecule has 1 aromatic heterocycles. The van der Waals surface area contributed by atoms with Gasteiger partial charge in [0.05, 0.1) is 5.69 Å². The third kappa shape index (κ3) is 2.32. The molecule has 100 valence electrons. The molecule has 1 N–H and O–H groups in total. The molecule has 3 rings (SSSR count). The molecule has 19 heavy (non-hydrogen) atoms. The molecule has 2 aromatic rings. The molecule has 1 heterocycles. The van der Waals surface area contributed by atoms with Gasteiger partial charge in [-0.1, -0.05) is 44.5 Å². The summed E-state index contributed by atoms with van der Waals surface area (Å²) >= 11 is 0. The van der Waals surface area contributed by atoms with Crippen molar-refractivity contribution < 1.29 is 0 Å². The van der Waals surface area contributed by atoms with Gasteiger partial charge in [-0.15, -0.1) is 0 Å². The largest absolute Gasteiger partial charge is 0.345 e.